The first-order valence-corrected chi connectivity index (χ1v) is 5.55. The molecule has 0 aliphatic rings. The molecule has 0 saturated carbocycles. The third-order valence-electron chi connectivity index (χ3n) is 1.69. The number of aromatic nitrogens is 2. The van der Waals surface area contributed by atoms with Gasteiger partial charge in [0, 0.05) is 16.7 Å². The standard InChI is InChI=1S/C8H8N2OS2/c11-8(7-5-13-10-9-7)4-6-2-1-3-12-6/h1-3,5,8,11H,4H2. The Morgan fingerprint density at radius 1 is 1.54 bits per heavy atom. The molecule has 3 nitrogen and oxygen atoms in total. The summed E-state index contributed by atoms with van der Waals surface area (Å²) < 4.78 is 3.71. The zero-order valence-corrected chi connectivity index (χ0v) is 8.38. The summed E-state index contributed by atoms with van der Waals surface area (Å²) in [7, 11) is 0. The Labute approximate surface area is 83.8 Å². The second kappa shape index (κ2) is 3.95. The van der Waals surface area contributed by atoms with Gasteiger partial charge in [0.1, 0.15) is 11.8 Å². The van der Waals surface area contributed by atoms with Crippen molar-refractivity contribution in [2.75, 3.05) is 0 Å². The van der Waals surface area contributed by atoms with Crippen LogP contribution in [0, 0.1) is 0 Å². The molecule has 0 saturated heterocycles. The van der Waals surface area contributed by atoms with E-state index in [1.807, 2.05) is 17.5 Å². The molecule has 1 atom stereocenters. The van der Waals surface area contributed by atoms with Gasteiger partial charge in [0.15, 0.2) is 0 Å². The van der Waals surface area contributed by atoms with E-state index in [1.165, 1.54) is 16.4 Å². The summed E-state index contributed by atoms with van der Waals surface area (Å²) in [6.45, 7) is 0. The maximum absolute atomic E-state index is 9.69. The molecule has 0 amide bonds. The van der Waals surface area contributed by atoms with Crippen molar-refractivity contribution >= 4 is 22.9 Å². The lowest BCUT2D eigenvalue weighted by molar-refractivity contribution is 0.174. The van der Waals surface area contributed by atoms with Crippen LogP contribution in [0.4, 0.5) is 0 Å². The number of hydrogen-bond acceptors (Lipinski definition) is 5. The van der Waals surface area contributed by atoms with Crippen LogP contribution in [0.2, 0.25) is 0 Å². The van der Waals surface area contributed by atoms with Crippen LogP contribution in [0.5, 0.6) is 0 Å². The molecular formula is C8H8N2OS2. The van der Waals surface area contributed by atoms with Crippen molar-refractivity contribution < 1.29 is 5.11 Å². The van der Waals surface area contributed by atoms with E-state index < -0.39 is 6.10 Å². The first-order valence-electron chi connectivity index (χ1n) is 3.83. The van der Waals surface area contributed by atoms with Gasteiger partial charge in [-0.1, -0.05) is 10.6 Å². The number of rotatable bonds is 3. The summed E-state index contributed by atoms with van der Waals surface area (Å²) in [5.74, 6) is 0. The predicted molar refractivity (Wildman–Crippen MR) is 52.9 cm³/mol. The van der Waals surface area contributed by atoms with Gasteiger partial charge in [0.05, 0.1) is 0 Å². The molecule has 1 unspecified atom stereocenters. The van der Waals surface area contributed by atoms with Gasteiger partial charge >= 0.3 is 0 Å². The molecule has 2 heterocycles. The monoisotopic (exact) mass is 212 g/mol. The maximum Gasteiger partial charge on any atom is 0.104 e. The number of hydrogen-bond donors (Lipinski definition) is 1. The summed E-state index contributed by atoms with van der Waals surface area (Å²) in [6, 6.07) is 3.99. The molecule has 0 aliphatic carbocycles. The molecule has 68 valence electrons. The molecule has 0 aliphatic heterocycles. The van der Waals surface area contributed by atoms with E-state index in [9.17, 15) is 5.11 Å². The van der Waals surface area contributed by atoms with Gasteiger partial charge in [-0.15, -0.1) is 16.4 Å². The molecule has 1 N–H and O–H groups in total. The van der Waals surface area contributed by atoms with Gasteiger partial charge in [0.25, 0.3) is 0 Å². The fourth-order valence-corrected chi connectivity index (χ4v) is 2.28. The van der Waals surface area contributed by atoms with Crippen LogP contribution < -0.4 is 0 Å². The highest BCUT2D eigenvalue weighted by Gasteiger charge is 2.11. The summed E-state index contributed by atoms with van der Waals surface area (Å²) >= 11 is 2.91. The average molecular weight is 212 g/mol. The quantitative estimate of drug-likeness (QED) is 0.845. The third kappa shape index (κ3) is 2.12. The SMILES string of the molecule is OC(Cc1cccs1)c1csnn1. The highest BCUT2D eigenvalue weighted by atomic mass is 32.1. The summed E-state index contributed by atoms with van der Waals surface area (Å²) in [5.41, 5.74) is 0.665. The van der Waals surface area contributed by atoms with Crippen LogP contribution >= 0.6 is 22.9 Å². The normalized spacial score (nSPS) is 13.0. The minimum Gasteiger partial charge on any atom is -0.386 e. The van der Waals surface area contributed by atoms with E-state index >= 15 is 0 Å². The Bertz CT molecular complexity index is 344. The van der Waals surface area contributed by atoms with Gasteiger partial charge < -0.3 is 5.11 Å². The van der Waals surface area contributed by atoms with Gasteiger partial charge in [-0.25, -0.2) is 0 Å². The molecule has 0 fully saturated rings. The molecule has 5 heteroatoms. The number of aliphatic hydroxyl groups is 1. The van der Waals surface area contributed by atoms with Crippen LogP contribution in [-0.4, -0.2) is 14.7 Å². The Morgan fingerprint density at radius 2 is 2.46 bits per heavy atom. The van der Waals surface area contributed by atoms with E-state index in [0.717, 1.165) is 0 Å². The third-order valence-corrected chi connectivity index (χ3v) is 3.11. The lowest BCUT2D eigenvalue weighted by Crippen LogP contribution is -2.00. The lowest BCUT2D eigenvalue weighted by Gasteiger charge is -2.03. The van der Waals surface area contributed by atoms with Crippen molar-refractivity contribution in [1.29, 1.82) is 0 Å². The van der Waals surface area contributed by atoms with Crippen LogP contribution in [0.15, 0.2) is 22.9 Å². The van der Waals surface area contributed by atoms with Gasteiger partial charge in [-0.2, -0.15) is 0 Å². The van der Waals surface area contributed by atoms with Gasteiger partial charge in [-0.05, 0) is 23.0 Å². The molecule has 13 heavy (non-hydrogen) atoms. The van der Waals surface area contributed by atoms with Crippen molar-refractivity contribution in [3.63, 3.8) is 0 Å². The van der Waals surface area contributed by atoms with Crippen molar-refractivity contribution in [2.45, 2.75) is 12.5 Å². The molecule has 0 bridgehead atoms. The Hall–Kier alpha value is -0.780. The molecule has 2 aromatic heterocycles. The minimum absolute atomic E-state index is 0.516. The predicted octanol–water partition coefficient (Wildman–Crippen LogP) is 1.88. The molecule has 0 radical (unpaired) electrons. The lowest BCUT2D eigenvalue weighted by atomic mass is 10.2. The first-order chi connectivity index (χ1) is 6.36. The van der Waals surface area contributed by atoms with E-state index in [0.29, 0.717) is 12.1 Å². The molecular weight excluding hydrogens is 204 g/mol. The van der Waals surface area contributed by atoms with Crippen molar-refractivity contribution in [3.8, 4) is 0 Å². The number of nitrogens with zero attached hydrogens (tertiary/aromatic N) is 2. The van der Waals surface area contributed by atoms with E-state index in [2.05, 4.69) is 9.59 Å². The number of thiophene rings is 1. The van der Waals surface area contributed by atoms with E-state index in [-0.39, 0.29) is 0 Å². The fourth-order valence-electron chi connectivity index (χ4n) is 1.04. The van der Waals surface area contributed by atoms with Crippen molar-refractivity contribution in [2.24, 2.45) is 0 Å². The minimum atomic E-state index is -0.516. The topological polar surface area (TPSA) is 46.0 Å². The Morgan fingerprint density at radius 3 is 3.08 bits per heavy atom. The van der Waals surface area contributed by atoms with Crippen LogP contribution in [0.25, 0.3) is 0 Å². The van der Waals surface area contributed by atoms with Crippen LogP contribution in [0.3, 0.4) is 0 Å². The molecule has 2 rings (SSSR count). The first kappa shape index (κ1) is 8.80. The highest BCUT2D eigenvalue weighted by Crippen LogP contribution is 2.19. The smallest absolute Gasteiger partial charge is 0.104 e. The summed E-state index contributed by atoms with van der Waals surface area (Å²) in [5, 5.41) is 17.3. The molecule has 0 spiro atoms. The van der Waals surface area contributed by atoms with Gasteiger partial charge in [-0.3, -0.25) is 0 Å². The van der Waals surface area contributed by atoms with Gasteiger partial charge in [0.2, 0.25) is 0 Å². The zero-order chi connectivity index (χ0) is 9.10. The zero-order valence-electron chi connectivity index (χ0n) is 6.75. The fraction of sp³-hybridized carbons (Fsp3) is 0.250. The largest absolute Gasteiger partial charge is 0.386 e. The molecule has 2 aromatic rings. The second-order valence-corrected chi connectivity index (χ2v) is 4.27. The van der Waals surface area contributed by atoms with Crippen molar-refractivity contribution in [3.05, 3.63) is 33.5 Å². The highest BCUT2D eigenvalue weighted by molar-refractivity contribution is 7.09. The number of aliphatic hydroxyl groups excluding tert-OH is 1. The van der Waals surface area contributed by atoms with E-state index in [1.54, 1.807) is 16.7 Å². The van der Waals surface area contributed by atoms with Crippen molar-refractivity contribution in [1.82, 2.24) is 9.59 Å². The van der Waals surface area contributed by atoms with E-state index in [4.69, 9.17) is 0 Å². The summed E-state index contributed by atoms with van der Waals surface area (Å²) in [4.78, 5) is 1.17. The Kier molecular flexibility index (Phi) is 2.68. The maximum atomic E-state index is 9.69. The van der Waals surface area contributed by atoms with Crippen LogP contribution in [-0.2, 0) is 6.42 Å². The Balaban J connectivity index is 2.04. The molecule has 0 aromatic carbocycles. The average Bonchev–Trinajstić information content (AvgIpc) is 2.74. The second-order valence-electron chi connectivity index (χ2n) is 2.63. The van der Waals surface area contributed by atoms with Crippen LogP contribution in [0.1, 0.15) is 16.7 Å². The summed E-state index contributed by atoms with van der Waals surface area (Å²) in [6.07, 6.45) is 0.112.